The average Bonchev–Trinajstić information content (AvgIpc) is 2.99. The number of carbonyl (C=O) groups is 1. The lowest BCUT2D eigenvalue weighted by molar-refractivity contribution is -0.0195. The van der Waals surface area contributed by atoms with Crippen LogP contribution in [-0.4, -0.2) is 46.2 Å². The first-order valence-corrected chi connectivity index (χ1v) is 5.85. The second-order valence-corrected chi connectivity index (χ2v) is 4.42. The van der Waals surface area contributed by atoms with Gasteiger partial charge in [-0.2, -0.15) is 0 Å². The Labute approximate surface area is 108 Å². The summed E-state index contributed by atoms with van der Waals surface area (Å²) in [5.74, 6) is -0.797. The molecule has 0 aromatic carbocycles. The predicted molar refractivity (Wildman–Crippen MR) is 58.5 cm³/mol. The predicted octanol–water partition coefficient (Wildman–Crippen LogP) is 0.368. The van der Waals surface area contributed by atoms with Crippen molar-refractivity contribution in [1.29, 1.82) is 0 Å². The molecule has 8 heteroatoms. The van der Waals surface area contributed by atoms with Crippen molar-refractivity contribution in [2.75, 3.05) is 6.79 Å². The quantitative estimate of drug-likeness (QED) is 0.749. The first-order valence-electron chi connectivity index (χ1n) is 5.85. The number of nitrogens with zero attached hydrogens (tertiary/aromatic N) is 1. The van der Waals surface area contributed by atoms with Gasteiger partial charge in [0.05, 0.1) is 12.2 Å². The van der Waals surface area contributed by atoms with Crippen LogP contribution in [0.5, 0.6) is 11.8 Å². The highest BCUT2D eigenvalue weighted by molar-refractivity contribution is 5.61. The van der Waals surface area contributed by atoms with Crippen molar-refractivity contribution < 1.29 is 34.1 Å². The Hall–Kier alpha value is -1.93. The van der Waals surface area contributed by atoms with Gasteiger partial charge in [-0.25, -0.2) is 4.79 Å². The number of fused-ring (bicyclic) bond motifs is 1. The molecular formula is C11H13NO7. The summed E-state index contributed by atoms with van der Waals surface area (Å²) >= 11 is 0. The summed E-state index contributed by atoms with van der Waals surface area (Å²) in [7, 11) is 0. The van der Waals surface area contributed by atoms with E-state index in [0.717, 1.165) is 0 Å². The van der Waals surface area contributed by atoms with Crippen LogP contribution in [0.3, 0.4) is 0 Å². The molecular weight excluding hydrogens is 258 g/mol. The largest absolute Gasteiger partial charge is 0.534 e. The molecule has 1 saturated heterocycles. The van der Waals surface area contributed by atoms with E-state index in [1.807, 2.05) is 0 Å². The smallest absolute Gasteiger partial charge is 0.492 e. The maximum Gasteiger partial charge on any atom is 0.534 e. The standard InChI is InChI=1S/C11H13NO7/c13-9-1-2-10(14)12(9)19-11(15)18-6-3-7-8(4-6)17-5-16-7/h1-2,6-8,13-14H,3-5H2. The minimum Gasteiger partial charge on any atom is -0.492 e. The number of hydrogen-bond donors (Lipinski definition) is 2. The van der Waals surface area contributed by atoms with E-state index in [0.29, 0.717) is 17.6 Å². The summed E-state index contributed by atoms with van der Waals surface area (Å²) in [4.78, 5) is 16.2. The van der Waals surface area contributed by atoms with Crippen LogP contribution in [0.2, 0.25) is 0 Å². The van der Waals surface area contributed by atoms with Gasteiger partial charge in [0.2, 0.25) is 11.8 Å². The van der Waals surface area contributed by atoms with Crippen LogP contribution in [-0.2, 0) is 14.2 Å². The van der Waals surface area contributed by atoms with Crippen LogP contribution in [0.1, 0.15) is 12.8 Å². The van der Waals surface area contributed by atoms with Crippen LogP contribution < -0.4 is 4.84 Å². The Morgan fingerprint density at radius 2 is 1.79 bits per heavy atom. The Morgan fingerprint density at radius 1 is 1.21 bits per heavy atom. The zero-order valence-electron chi connectivity index (χ0n) is 9.89. The molecule has 1 aliphatic heterocycles. The maximum atomic E-state index is 11.5. The summed E-state index contributed by atoms with van der Waals surface area (Å²) in [6.45, 7) is 0.275. The van der Waals surface area contributed by atoms with Crippen molar-refractivity contribution in [3.8, 4) is 11.8 Å². The molecule has 3 rings (SSSR count). The fraction of sp³-hybridized carbons (Fsp3) is 0.545. The molecule has 8 nitrogen and oxygen atoms in total. The zero-order valence-corrected chi connectivity index (χ0v) is 9.89. The summed E-state index contributed by atoms with van der Waals surface area (Å²) < 4.78 is 16.2. The fourth-order valence-electron chi connectivity index (χ4n) is 2.31. The van der Waals surface area contributed by atoms with Gasteiger partial charge >= 0.3 is 6.16 Å². The first kappa shape index (κ1) is 12.1. The van der Waals surface area contributed by atoms with E-state index in [-0.39, 0.29) is 25.1 Å². The molecule has 2 fully saturated rings. The van der Waals surface area contributed by atoms with Gasteiger partial charge < -0.3 is 24.4 Å². The minimum atomic E-state index is -1.01. The second-order valence-electron chi connectivity index (χ2n) is 4.42. The molecule has 2 heterocycles. The molecule has 1 saturated carbocycles. The summed E-state index contributed by atoms with van der Waals surface area (Å²) in [5, 5.41) is 18.6. The van der Waals surface area contributed by atoms with Crippen molar-refractivity contribution in [3.63, 3.8) is 0 Å². The number of ether oxygens (including phenoxy) is 3. The van der Waals surface area contributed by atoms with Gasteiger partial charge in [0, 0.05) is 25.0 Å². The highest BCUT2D eigenvalue weighted by Crippen LogP contribution is 2.31. The van der Waals surface area contributed by atoms with Gasteiger partial charge in [0.1, 0.15) is 12.9 Å². The SMILES string of the molecule is O=C(OC1CC2OCOC2C1)On1c(O)ccc1O. The van der Waals surface area contributed by atoms with Gasteiger partial charge in [-0.05, 0) is 0 Å². The Balaban J connectivity index is 1.55. The molecule has 2 aliphatic rings. The van der Waals surface area contributed by atoms with Crippen LogP contribution in [0.15, 0.2) is 12.1 Å². The molecule has 0 amide bonds. The lowest BCUT2D eigenvalue weighted by Crippen LogP contribution is -2.25. The number of aromatic nitrogens is 1. The molecule has 104 valence electrons. The second kappa shape index (κ2) is 4.63. The van der Waals surface area contributed by atoms with E-state index in [1.165, 1.54) is 12.1 Å². The third-order valence-electron chi connectivity index (χ3n) is 3.20. The third-order valence-corrected chi connectivity index (χ3v) is 3.20. The normalized spacial score (nSPS) is 29.2. The van der Waals surface area contributed by atoms with Gasteiger partial charge in [0.15, 0.2) is 0 Å². The number of aromatic hydroxyl groups is 2. The molecule has 0 bridgehead atoms. The van der Waals surface area contributed by atoms with Crippen LogP contribution in [0, 0.1) is 0 Å². The topological polar surface area (TPSA) is 99.4 Å². The molecule has 2 atom stereocenters. The molecule has 19 heavy (non-hydrogen) atoms. The summed E-state index contributed by atoms with van der Waals surface area (Å²) in [5.41, 5.74) is 0. The maximum absolute atomic E-state index is 11.5. The van der Waals surface area contributed by atoms with Crippen molar-refractivity contribution in [1.82, 2.24) is 4.73 Å². The zero-order chi connectivity index (χ0) is 13.4. The van der Waals surface area contributed by atoms with E-state index < -0.39 is 17.9 Å². The van der Waals surface area contributed by atoms with Crippen LogP contribution >= 0.6 is 0 Å². The van der Waals surface area contributed by atoms with E-state index in [2.05, 4.69) is 4.84 Å². The van der Waals surface area contributed by atoms with E-state index >= 15 is 0 Å². The van der Waals surface area contributed by atoms with Crippen LogP contribution in [0.25, 0.3) is 0 Å². The average molecular weight is 271 g/mol. The number of hydrogen-bond acceptors (Lipinski definition) is 7. The van der Waals surface area contributed by atoms with Crippen molar-refractivity contribution in [2.45, 2.75) is 31.2 Å². The Morgan fingerprint density at radius 3 is 2.37 bits per heavy atom. The molecule has 1 aromatic heterocycles. The fourth-order valence-corrected chi connectivity index (χ4v) is 2.31. The highest BCUT2D eigenvalue weighted by atomic mass is 16.8. The molecule has 0 spiro atoms. The first-order chi connectivity index (χ1) is 9.13. The third kappa shape index (κ3) is 2.32. The lowest BCUT2D eigenvalue weighted by atomic mass is 10.3. The summed E-state index contributed by atoms with van der Waals surface area (Å²) in [6, 6.07) is 2.37. The van der Waals surface area contributed by atoms with E-state index in [4.69, 9.17) is 14.2 Å². The van der Waals surface area contributed by atoms with Gasteiger partial charge in [-0.3, -0.25) is 4.84 Å². The molecule has 1 aliphatic carbocycles. The van der Waals surface area contributed by atoms with E-state index in [9.17, 15) is 15.0 Å². The summed E-state index contributed by atoms with van der Waals surface area (Å²) in [6.07, 6.45) is -0.376. The van der Waals surface area contributed by atoms with Gasteiger partial charge in [-0.15, -0.1) is 4.73 Å². The van der Waals surface area contributed by atoms with Crippen molar-refractivity contribution in [2.24, 2.45) is 0 Å². The van der Waals surface area contributed by atoms with E-state index in [1.54, 1.807) is 0 Å². The molecule has 2 unspecified atom stereocenters. The Bertz CT molecular complexity index is 454. The molecule has 0 radical (unpaired) electrons. The monoisotopic (exact) mass is 271 g/mol. The molecule has 2 N–H and O–H groups in total. The van der Waals surface area contributed by atoms with Crippen LogP contribution in [0.4, 0.5) is 4.79 Å². The molecule has 1 aromatic rings. The Kier molecular flexibility index (Phi) is 2.96. The van der Waals surface area contributed by atoms with Crippen molar-refractivity contribution in [3.05, 3.63) is 12.1 Å². The number of carbonyl (C=O) groups excluding carboxylic acids is 1. The minimum absolute atomic E-state index is 0.0498. The van der Waals surface area contributed by atoms with Crippen molar-refractivity contribution >= 4 is 6.16 Å². The van der Waals surface area contributed by atoms with Gasteiger partial charge in [-0.1, -0.05) is 0 Å². The van der Waals surface area contributed by atoms with Gasteiger partial charge in [0.25, 0.3) is 0 Å². The number of rotatable bonds is 2. The lowest BCUT2D eigenvalue weighted by Gasteiger charge is -2.13. The highest BCUT2D eigenvalue weighted by Gasteiger charge is 2.41.